The second-order valence-corrected chi connectivity index (χ2v) is 2.71. The summed E-state index contributed by atoms with van der Waals surface area (Å²) in [5.74, 6) is 0. The Morgan fingerprint density at radius 2 is 2.15 bits per heavy atom. The van der Waals surface area contributed by atoms with Crippen LogP contribution in [0.4, 0.5) is 0 Å². The molecule has 0 heterocycles. The van der Waals surface area contributed by atoms with Gasteiger partial charge in [-0.05, 0) is 19.9 Å². The number of nitrogens with two attached hydrogens (primary N) is 1. The molecule has 68 valence electrons. The van der Waals surface area contributed by atoms with Gasteiger partial charge in [0.05, 0.1) is 18.6 Å². The minimum absolute atomic E-state index is 0.270. The zero-order chi connectivity index (χ0) is 10.3. The minimum Gasteiger partial charge on any atom is -0.323 e. The predicted octanol–water partition coefficient (Wildman–Crippen LogP) is 1.64. The van der Waals surface area contributed by atoms with E-state index in [-0.39, 0.29) is 12.5 Å². The molecule has 0 fully saturated rings. The molecule has 0 aromatic rings. The van der Waals surface area contributed by atoms with Crippen LogP contribution in [0.5, 0.6) is 0 Å². The molecular weight excluding hydrogens is 162 g/mol. The van der Waals surface area contributed by atoms with Gasteiger partial charge < -0.3 is 5.73 Å². The van der Waals surface area contributed by atoms with Gasteiger partial charge >= 0.3 is 0 Å². The van der Waals surface area contributed by atoms with Crippen molar-refractivity contribution in [1.29, 1.82) is 10.5 Å². The molecule has 1 atom stereocenters. The van der Waals surface area contributed by atoms with Crippen molar-refractivity contribution in [3.05, 3.63) is 23.3 Å². The molecule has 0 saturated heterocycles. The zero-order valence-electron chi connectivity index (χ0n) is 7.91. The van der Waals surface area contributed by atoms with E-state index in [1.165, 1.54) is 0 Å². The smallest absolute Gasteiger partial charge is 0.0988 e. The summed E-state index contributed by atoms with van der Waals surface area (Å²) in [5, 5.41) is 17.0. The monoisotopic (exact) mass is 175 g/mol. The van der Waals surface area contributed by atoms with Gasteiger partial charge in [-0.2, -0.15) is 10.5 Å². The average Bonchev–Trinajstić information content (AvgIpc) is 2.14. The van der Waals surface area contributed by atoms with Crippen molar-refractivity contribution in [3.8, 4) is 12.1 Å². The largest absolute Gasteiger partial charge is 0.323 e. The van der Waals surface area contributed by atoms with E-state index in [1.807, 2.05) is 19.1 Å². The highest BCUT2D eigenvalue weighted by atomic mass is 14.6. The van der Waals surface area contributed by atoms with Crippen molar-refractivity contribution in [3.63, 3.8) is 0 Å². The van der Waals surface area contributed by atoms with Gasteiger partial charge in [-0.3, -0.25) is 0 Å². The molecule has 13 heavy (non-hydrogen) atoms. The number of allylic oxidation sites excluding steroid dienone is 3. The number of hydrogen-bond donors (Lipinski definition) is 1. The van der Waals surface area contributed by atoms with Gasteiger partial charge in [-0.15, -0.1) is 0 Å². The molecule has 0 radical (unpaired) electrons. The molecule has 3 heteroatoms. The van der Waals surface area contributed by atoms with Crippen LogP contribution < -0.4 is 5.73 Å². The van der Waals surface area contributed by atoms with Crippen molar-refractivity contribution < 1.29 is 0 Å². The topological polar surface area (TPSA) is 73.6 Å². The number of nitrogens with zero attached hydrogens (tertiary/aromatic N) is 2. The standard InChI is InChI=1S/C10H13N3/c1-3-9(7-12)6-8(2)10(13)4-5-11/h3,6,10H,4,13H2,1-2H3/b8-6+,9-3+. The Hall–Kier alpha value is -1.58. The number of hydrogen-bond acceptors (Lipinski definition) is 3. The quantitative estimate of drug-likeness (QED) is 0.523. The summed E-state index contributed by atoms with van der Waals surface area (Å²) in [5.41, 5.74) is 7.09. The fourth-order valence-electron chi connectivity index (χ4n) is 0.792. The lowest BCUT2D eigenvalue weighted by Crippen LogP contribution is -2.20. The van der Waals surface area contributed by atoms with Crippen LogP contribution in [-0.2, 0) is 0 Å². The Morgan fingerprint density at radius 1 is 1.54 bits per heavy atom. The summed E-state index contributed by atoms with van der Waals surface area (Å²) < 4.78 is 0. The Labute approximate surface area is 78.8 Å². The molecule has 0 aliphatic heterocycles. The van der Waals surface area contributed by atoms with Crippen LogP contribution in [0.15, 0.2) is 23.3 Å². The van der Waals surface area contributed by atoms with Crippen LogP contribution in [0.2, 0.25) is 0 Å². The maximum absolute atomic E-state index is 8.62. The first-order chi connectivity index (χ1) is 6.15. The van der Waals surface area contributed by atoms with Crippen molar-refractivity contribution in [2.24, 2.45) is 5.73 Å². The molecule has 0 spiro atoms. The van der Waals surface area contributed by atoms with Crippen molar-refractivity contribution in [2.45, 2.75) is 26.3 Å². The second-order valence-electron chi connectivity index (χ2n) is 2.71. The fraction of sp³-hybridized carbons (Fsp3) is 0.400. The molecule has 3 nitrogen and oxygen atoms in total. The minimum atomic E-state index is -0.270. The Morgan fingerprint density at radius 3 is 2.54 bits per heavy atom. The van der Waals surface area contributed by atoms with Gasteiger partial charge in [0.15, 0.2) is 0 Å². The van der Waals surface area contributed by atoms with Crippen molar-refractivity contribution in [1.82, 2.24) is 0 Å². The highest BCUT2D eigenvalue weighted by Gasteiger charge is 2.03. The van der Waals surface area contributed by atoms with Gasteiger partial charge in [-0.1, -0.05) is 11.6 Å². The van der Waals surface area contributed by atoms with Crippen LogP contribution in [0.1, 0.15) is 20.3 Å². The average molecular weight is 175 g/mol. The zero-order valence-corrected chi connectivity index (χ0v) is 7.91. The number of nitriles is 2. The van der Waals surface area contributed by atoms with Crippen LogP contribution in [0.25, 0.3) is 0 Å². The van der Waals surface area contributed by atoms with Gasteiger partial charge in [0, 0.05) is 11.6 Å². The van der Waals surface area contributed by atoms with Crippen LogP contribution in [0.3, 0.4) is 0 Å². The Balaban J connectivity index is 4.52. The van der Waals surface area contributed by atoms with Gasteiger partial charge in [0.1, 0.15) is 0 Å². The van der Waals surface area contributed by atoms with E-state index in [9.17, 15) is 0 Å². The first kappa shape index (κ1) is 11.4. The fourth-order valence-corrected chi connectivity index (χ4v) is 0.792. The first-order valence-electron chi connectivity index (χ1n) is 4.02. The molecule has 0 amide bonds. The molecule has 0 aliphatic rings. The normalized spacial score (nSPS) is 14.5. The SMILES string of the molecule is C/C=C(C#N)\C=C(/C)C(N)CC#N. The van der Waals surface area contributed by atoms with E-state index >= 15 is 0 Å². The van der Waals surface area contributed by atoms with E-state index in [4.69, 9.17) is 16.3 Å². The Bertz CT molecular complexity index is 299. The molecule has 0 saturated carbocycles. The van der Waals surface area contributed by atoms with Crippen LogP contribution in [0, 0.1) is 22.7 Å². The molecule has 0 aromatic heterocycles. The third-order valence-electron chi connectivity index (χ3n) is 1.72. The summed E-state index contributed by atoms with van der Waals surface area (Å²) in [6.45, 7) is 3.61. The lowest BCUT2D eigenvalue weighted by molar-refractivity contribution is 0.790. The summed E-state index contributed by atoms with van der Waals surface area (Å²) in [4.78, 5) is 0. The van der Waals surface area contributed by atoms with Crippen LogP contribution >= 0.6 is 0 Å². The predicted molar refractivity (Wildman–Crippen MR) is 51.3 cm³/mol. The molecule has 0 bridgehead atoms. The Kier molecular flexibility index (Phi) is 5.27. The van der Waals surface area contributed by atoms with Crippen LogP contribution in [-0.4, -0.2) is 6.04 Å². The molecule has 0 aromatic carbocycles. The van der Waals surface area contributed by atoms with Gasteiger partial charge in [0.25, 0.3) is 0 Å². The van der Waals surface area contributed by atoms with Gasteiger partial charge in [0.2, 0.25) is 0 Å². The van der Waals surface area contributed by atoms with E-state index in [0.717, 1.165) is 5.57 Å². The van der Waals surface area contributed by atoms with Crippen molar-refractivity contribution >= 4 is 0 Å². The maximum atomic E-state index is 8.62. The molecule has 1 unspecified atom stereocenters. The highest BCUT2D eigenvalue weighted by Crippen LogP contribution is 2.06. The lowest BCUT2D eigenvalue weighted by atomic mass is 10.0. The van der Waals surface area contributed by atoms with E-state index in [1.54, 1.807) is 19.1 Å². The van der Waals surface area contributed by atoms with E-state index < -0.39 is 0 Å². The lowest BCUT2D eigenvalue weighted by Gasteiger charge is -2.06. The maximum Gasteiger partial charge on any atom is 0.0988 e. The summed E-state index contributed by atoms with van der Waals surface area (Å²) in [6, 6.07) is 3.75. The van der Waals surface area contributed by atoms with E-state index in [0.29, 0.717) is 5.57 Å². The molecular formula is C10H13N3. The first-order valence-corrected chi connectivity index (χ1v) is 4.02. The van der Waals surface area contributed by atoms with Crippen molar-refractivity contribution in [2.75, 3.05) is 0 Å². The summed E-state index contributed by atoms with van der Waals surface area (Å²) >= 11 is 0. The molecule has 2 N–H and O–H groups in total. The summed E-state index contributed by atoms with van der Waals surface area (Å²) in [7, 11) is 0. The van der Waals surface area contributed by atoms with Gasteiger partial charge in [-0.25, -0.2) is 0 Å². The number of rotatable bonds is 3. The second kappa shape index (κ2) is 5.99. The summed E-state index contributed by atoms with van der Waals surface area (Å²) in [6.07, 6.45) is 3.70. The molecule has 0 aliphatic carbocycles. The van der Waals surface area contributed by atoms with E-state index in [2.05, 4.69) is 0 Å². The third kappa shape index (κ3) is 4.10. The molecule has 0 rings (SSSR count). The highest BCUT2D eigenvalue weighted by molar-refractivity contribution is 5.35. The third-order valence-corrected chi connectivity index (χ3v) is 1.72.